The van der Waals surface area contributed by atoms with Gasteiger partial charge in [-0.2, -0.15) is 26.3 Å². The minimum Gasteiger partial charge on any atom is -0.335 e. The van der Waals surface area contributed by atoms with E-state index in [1.807, 2.05) is 0 Å². The largest absolute Gasteiger partial charge is 0.433 e. The quantitative estimate of drug-likeness (QED) is 0.355. The van der Waals surface area contributed by atoms with Crippen molar-refractivity contribution in [2.45, 2.75) is 31.6 Å². The number of nitrogens with one attached hydrogen (secondary N) is 2. The Labute approximate surface area is 192 Å². The van der Waals surface area contributed by atoms with Crippen molar-refractivity contribution < 1.29 is 45.6 Å². The standard InChI is InChI=1S/C20H16F6N4O5/c1-10(31)27-11-2-4-12(5-3-11)28-17(32)16-9-29(18(35-16)20(24,25)26)13-6-7-15(30(33)34)14(8-13)19(21,22)23/h2-8,16,18H,9H2,1H3,(H,27,31)(H,28,32). The van der Waals surface area contributed by atoms with Crippen LogP contribution in [0.3, 0.4) is 0 Å². The summed E-state index contributed by atoms with van der Waals surface area (Å²) in [4.78, 5) is 33.6. The number of nitro groups is 1. The number of nitro benzene ring substituents is 1. The van der Waals surface area contributed by atoms with E-state index in [9.17, 15) is 46.0 Å². The maximum atomic E-state index is 13.6. The lowest BCUT2D eigenvalue weighted by molar-refractivity contribution is -0.388. The maximum Gasteiger partial charge on any atom is 0.433 e. The molecular weight excluding hydrogens is 490 g/mol. The molecule has 0 spiro atoms. The Balaban J connectivity index is 1.85. The van der Waals surface area contributed by atoms with Crippen molar-refractivity contribution in [1.29, 1.82) is 0 Å². The summed E-state index contributed by atoms with van der Waals surface area (Å²) in [6.45, 7) is 0.494. The predicted molar refractivity (Wildman–Crippen MR) is 110 cm³/mol. The first-order chi connectivity index (χ1) is 16.2. The minimum absolute atomic E-state index is 0.157. The average molecular weight is 506 g/mol. The van der Waals surface area contributed by atoms with Gasteiger partial charge >= 0.3 is 12.4 Å². The molecule has 0 radical (unpaired) electrons. The number of nitrogens with zero attached hydrogens (tertiary/aromatic N) is 2. The van der Waals surface area contributed by atoms with Gasteiger partial charge < -0.3 is 20.3 Å². The number of hydrogen-bond acceptors (Lipinski definition) is 6. The van der Waals surface area contributed by atoms with Gasteiger partial charge in [0.05, 0.1) is 11.5 Å². The molecule has 0 bridgehead atoms. The van der Waals surface area contributed by atoms with Gasteiger partial charge in [-0.15, -0.1) is 0 Å². The molecule has 2 amide bonds. The summed E-state index contributed by atoms with van der Waals surface area (Å²) < 4.78 is 85.5. The summed E-state index contributed by atoms with van der Waals surface area (Å²) in [5, 5.41) is 15.7. The molecular formula is C20H16F6N4O5. The number of rotatable bonds is 5. The summed E-state index contributed by atoms with van der Waals surface area (Å²) >= 11 is 0. The SMILES string of the molecule is CC(=O)Nc1ccc(NC(=O)C2CN(c3ccc([N+](=O)[O-])c(C(F)(F)F)c3)C(C(F)(F)F)O2)cc1. The molecule has 9 nitrogen and oxygen atoms in total. The highest BCUT2D eigenvalue weighted by Crippen LogP contribution is 2.41. The highest BCUT2D eigenvalue weighted by molar-refractivity contribution is 5.95. The first-order valence-corrected chi connectivity index (χ1v) is 9.70. The van der Waals surface area contributed by atoms with E-state index < -0.39 is 59.0 Å². The Bertz CT molecular complexity index is 1140. The molecule has 1 heterocycles. The Morgan fingerprint density at radius 3 is 2.09 bits per heavy atom. The molecule has 1 fully saturated rings. The first-order valence-electron chi connectivity index (χ1n) is 9.70. The molecule has 0 aromatic heterocycles. The summed E-state index contributed by atoms with van der Waals surface area (Å²) in [5.74, 6) is -1.36. The topological polar surface area (TPSA) is 114 Å². The second-order valence-corrected chi connectivity index (χ2v) is 7.38. The Hall–Kier alpha value is -3.88. The number of hydrogen-bond donors (Lipinski definition) is 2. The van der Waals surface area contributed by atoms with Gasteiger partial charge in [-0.1, -0.05) is 0 Å². The fraction of sp³-hybridized carbons (Fsp3) is 0.300. The van der Waals surface area contributed by atoms with Crippen LogP contribution in [0.2, 0.25) is 0 Å². The van der Waals surface area contributed by atoms with Crippen LogP contribution in [0.15, 0.2) is 42.5 Å². The highest BCUT2D eigenvalue weighted by Gasteiger charge is 2.53. The molecule has 1 aliphatic heterocycles. The van der Waals surface area contributed by atoms with Crippen LogP contribution >= 0.6 is 0 Å². The number of ether oxygens (including phenoxy) is 1. The molecule has 0 saturated carbocycles. The van der Waals surface area contributed by atoms with Gasteiger partial charge in [-0.25, -0.2) is 0 Å². The smallest absolute Gasteiger partial charge is 0.335 e. The van der Waals surface area contributed by atoms with E-state index in [0.717, 1.165) is 6.07 Å². The first kappa shape index (κ1) is 25.7. The third kappa shape index (κ3) is 5.98. The van der Waals surface area contributed by atoms with Crippen molar-refractivity contribution >= 4 is 34.6 Å². The van der Waals surface area contributed by atoms with E-state index in [0.29, 0.717) is 16.7 Å². The number of alkyl halides is 6. The summed E-state index contributed by atoms with van der Waals surface area (Å²) in [6.07, 6.45) is -14.8. The maximum absolute atomic E-state index is 13.6. The fourth-order valence-corrected chi connectivity index (χ4v) is 3.34. The minimum atomic E-state index is -5.22. The third-order valence-corrected chi connectivity index (χ3v) is 4.80. The molecule has 2 atom stereocenters. The van der Waals surface area contributed by atoms with Crippen LogP contribution in [0.5, 0.6) is 0 Å². The van der Waals surface area contributed by atoms with E-state index >= 15 is 0 Å². The zero-order valence-electron chi connectivity index (χ0n) is 17.6. The number of anilines is 3. The summed E-state index contributed by atoms with van der Waals surface area (Å²) in [7, 11) is 0. The van der Waals surface area contributed by atoms with Gasteiger partial charge in [0.25, 0.3) is 11.6 Å². The lowest BCUT2D eigenvalue weighted by Gasteiger charge is -2.27. The van der Waals surface area contributed by atoms with Crippen molar-refractivity contribution in [1.82, 2.24) is 0 Å². The molecule has 1 saturated heterocycles. The van der Waals surface area contributed by atoms with Crippen molar-refractivity contribution in [3.8, 4) is 0 Å². The molecule has 188 valence electrons. The number of carbonyl (C=O) groups is 2. The molecule has 2 aromatic rings. The van der Waals surface area contributed by atoms with E-state index in [1.165, 1.54) is 31.2 Å². The number of halogens is 6. The van der Waals surface area contributed by atoms with E-state index in [-0.39, 0.29) is 17.7 Å². The zero-order chi connectivity index (χ0) is 26.1. The van der Waals surface area contributed by atoms with Gasteiger partial charge in [0, 0.05) is 30.1 Å². The van der Waals surface area contributed by atoms with Crippen molar-refractivity contribution in [2.75, 3.05) is 22.1 Å². The normalized spacial score (nSPS) is 18.3. The third-order valence-electron chi connectivity index (χ3n) is 4.80. The predicted octanol–water partition coefficient (Wildman–Crippen LogP) is 4.30. The van der Waals surface area contributed by atoms with Crippen LogP contribution in [-0.4, -0.2) is 41.8 Å². The Morgan fingerprint density at radius 2 is 1.60 bits per heavy atom. The second-order valence-electron chi connectivity index (χ2n) is 7.38. The van der Waals surface area contributed by atoms with Gasteiger partial charge in [0.2, 0.25) is 12.1 Å². The Kier molecular flexibility index (Phi) is 6.91. The van der Waals surface area contributed by atoms with Crippen LogP contribution in [0.25, 0.3) is 0 Å². The van der Waals surface area contributed by atoms with Gasteiger partial charge in [0.15, 0.2) is 6.10 Å². The fourth-order valence-electron chi connectivity index (χ4n) is 3.34. The zero-order valence-corrected chi connectivity index (χ0v) is 17.6. The lowest BCUT2D eigenvalue weighted by Crippen LogP contribution is -2.42. The van der Waals surface area contributed by atoms with Crippen LogP contribution in [0.4, 0.5) is 49.1 Å². The van der Waals surface area contributed by atoms with Gasteiger partial charge in [-0.05, 0) is 36.4 Å². The number of carbonyl (C=O) groups excluding carboxylic acids is 2. The molecule has 2 N–H and O–H groups in total. The van der Waals surface area contributed by atoms with Crippen molar-refractivity contribution in [2.24, 2.45) is 0 Å². The van der Waals surface area contributed by atoms with Crippen LogP contribution < -0.4 is 15.5 Å². The average Bonchev–Trinajstić information content (AvgIpc) is 3.20. The van der Waals surface area contributed by atoms with Crippen molar-refractivity contribution in [3.63, 3.8) is 0 Å². The molecule has 1 aliphatic rings. The molecule has 15 heteroatoms. The Morgan fingerprint density at radius 1 is 1.03 bits per heavy atom. The van der Waals surface area contributed by atoms with E-state index in [2.05, 4.69) is 10.6 Å². The van der Waals surface area contributed by atoms with E-state index in [1.54, 1.807) is 0 Å². The monoisotopic (exact) mass is 506 g/mol. The highest BCUT2D eigenvalue weighted by atomic mass is 19.4. The summed E-state index contributed by atoms with van der Waals surface area (Å²) in [5.41, 5.74) is -3.19. The van der Waals surface area contributed by atoms with Gasteiger partial charge in [0.1, 0.15) is 5.56 Å². The van der Waals surface area contributed by atoms with Crippen LogP contribution in [-0.2, 0) is 20.5 Å². The molecule has 0 aliphatic carbocycles. The van der Waals surface area contributed by atoms with Crippen molar-refractivity contribution in [3.05, 3.63) is 58.1 Å². The number of benzene rings is 2. The molecule has 2 unspecified atom stereocenters. The van der Waals surface area contributed by atoms with Crippen LogP contribution in [0.1, 0.15) is 12.5 Å². The second kappa shape index (κ2) is 9.40. The lowest BCUT2D eigenvalue weighted by atomic mass is 10.1. The molecule has 35 heavy (non-hydrogen) atoms. The molecule has 3 rings (SSSR count). The number of amides is 2. The molecule has 2 aromatic carbocycles. The van der Waals surface area contributed by atoms with Gasteiger partial charge in [-0.3, -0.25) is 19.7 Å². The van der Waals surface area contributed by atoms with E-state index in [4.69, 9.17) is 4.74 Å². The van der Waals surface area contributed by atoms with Crippen LogP contribution in [0, 0.1) is 10.1 Å². The summed E-state index contributed by atoms with van der Waals surface area (Å²) in [6, 6.07) is 6.94.